The summed E-state index contributed by atoms with van der Waals surface area (Å²) in [6, 6.07) is 8.43. The van der Waals surface area contributed by atoms with Crippen molar-refractivity contribution in [3.05, 3.63) is 46.6 Å². The summed E-state index contributed by atoms with van der Waals surface area (Å²) in [5.41, 5.74) is 5.11. The van der Waals surface area contributed by atoms with Crippen LogP contribution >= 0.6 is 67.8 Å². The number of carbonyl (C=O) groups is 1. The number of hydrogen-bond acceptors (Lipinski definition) is 5. The van der Waals surface area contributed by atoms with Gasteiger partial charge < -0.3 is 58.3 Å². The van der Waals surface area contributed by atoms with Crippen LogP contribution in [0, 0.1) is 10.7 Å². The first-order chi connectivity index (χ1) is 11.1. The number of carboxylic acids is 1. The average molecular weight is 817 g/mol. The third-order valence-corrected chi connectivity index (χ3v) is 5.66. The van der Waals surface area contributed by atoms with Gasteiger partial charge in [0.2, 0.25) is 0 Å². The SMILES string of the molecule is C[C@@](N)(Cc1cc(I)c(Oc2ccc([O-])c(I)c2)c(I)c1)C(=O)[O-].O.O.O.O.O.O.[Na+].[Na+]. The Morgan fingerprint density at radius 2 is 1.38 bits per heavy atom. The van der Waals surface area contributed by atoms with Gasteiger partial charge in [-0.1, -0.05) is 11.8 Å². The molecule has 0 radical (unpaired) electrons. The fourth-order valence-corrected chi connectivity index (χ4v) is 4.58. The molecule has 32 heavy (non-hydrogen) atoms. The molecule has 0 amide bonds. The molecule has 0 spiro atoms. The maximum atomic E-state index is 11.5. The Hall–Kier alpha value is 1.42. The summed E-state index contributed by atoms with van der Waals surface area (Å²) in [5.74, 6) is -0.116. The molecule has 14 N–H and O–H groups in total. The van der Waals surface area contributed by atoms with E-state index >= 15 is 0 Å². The normalized spacial score (nSPS) is 10.0. The van der Waals surface area contributed by atoms with Crippen molar-refractivity contribution in [2.45, 2.75) is 18.9 Å². The van der Waals surface area contributed by atoms with Crippen LogP contribution in [-0.4, -0.2) is 44.4 Å². The molecule has 0 saturated carbocycles. The minimum atomic E-state index is -1.44. The van der Waals surface area contributed by atoms with Crippen molar-refractivity contribution in [3.63, 3.8) is 0 Å². The van der Waals surface area contributed by atoms with Gasteiger partial charge in [0.15, 0.2) is 5.75 Å². The molecule has 0 bridgehead atoms. The molecule has 11 nitrogen and oxygen atoms in total. The largest absolute Gasteiger partial charge is 1.00 e. The molecule has 0 unspecified atom stereocenters. The second kappa shape index (κ2) is 21.7. The van der Waals surface area contributed by atoms with Crippen LogP contribution in [0.4, 0.5) is 0 Å². The molecule has 1 atom stereocenters. The van der Waals surface area contributed by atoms with Crippen molar-refractivity contribution in [3.8, 4) is 17.2 Å². The first-order valence-electron chi connectivity index (χ1n) is 6.73. The molecule has 0 aromatic heterocycles. The second-order valence-corrected chi connectivity index (χ2v) is 8.95. The topological polar surface area (TPSA) is 287 Å². The predicted molar refractivity (Wildman–Crippen MR) is 134 cm³/mol. The Morgan fingerprint density at radius 1 is 0.938 bits per heavy atom. The van der Waals surface area contributed by atoms with Crippen molar-refractivity contribution in [2.75, 3.05) is 0 Å². The average Bonchev–Trinajstić information content (AvgIpc) is 2.46. The molecule has 0 fully saturated rings. The van der Waals surface area contributed by atoms with Gasteiger partial charge in [0, 0.05) is 3.57 Å². The van der Waals surface area contributed by atoms with E-state index in [0.29, 0.717) is 15.1 Å². The number of halogens is 3. The Morgan fingerprint density at radius 3 is 1.75 bits per heavy atom. The monoisotopic (exact) mass is 817 g/mol. The fourth-order valence-electron chi connectivity index (χ4n) is 1.97. The summed E-state index contributed by atoms with van der Waals surface area (Å²) < 4.78 is 8.12. The number of aliphatic carboxylic acids is 1. The van der Waals surface area contributed by atoms with Crippen LogP contribution in [0.2, 0.25) is 0 Å². The van der Waals surface area contributed by atoms with E-state index in [9.17, 15) is 15.0 Å². The van der Waals surface area contributed by atoms with Crippen LogP contribution in [0.1, 0.15) is 12.5 Å². The molecule has 176 valence electrons. The van der Waals surface area contributed by atoms with Crippen molar-refractivity contribution >= 4 is 73.7 Å². The first-order valence-corrected chi connectivity index (χ1v) is 9.96. The summed E-state index contributed by atoms with van der Waals surface area (Å²) >= 11 is 6.22. The van der Waals surface area contributed by atoms with Gasteiger partial charge in [-0.3, -0.25) is 0 Å². The van der Waals surface area contributed by atoms with Crippen molar-refractivity contribution in [1.29, 1.82) is 0 Å². The Labute approximate surface area is 270 Å². The van der Waals surface area contributed by atoms with E-state index in [1.165, 1.54) is 13.0 Å². The number of ether oxygens (including phenoxy) is 1. The van der Waals surface area contributed by atoms with Crippen LogP contribution in [0.3, 0.4) is 0 Å². The molecule has 0 aliphatic heterocycles. The van der Waals surface area contributed by atoms with Gasteiger partial charge in [0.05, 0.1) is 18.6 Å². The van der Waals surface area contributed by atoms with E-state index in [-0.39, 0.29) is 104 Å². The van der Waals surface area contributed by atoms with Gasteiger partial charge in [-0.15, -0.1) is 0 Å². The zero-order valence-corrected chi connectivity index (χ0v) is 27.9. The smallest absolute Gasteiger partial charge is 0.872 e. The standard InChI is InChI=1S/C16H14I3NO4.2Na.6H2O/c1-16(20,15(22)23)7-8-4-11(18)14(12(19)5-8)24-9-2-3-13(21)10(17)6-9;;;;;;;;/h2-6,21H,7,20H2,1H3,(H,22,23);;;6*1H2/q;2*+1;;;;;;/p-2/t16-;;;;;;;;/m1......../s1. The van der Waals surface area contributed by atoms with E-state index in [0.717, 1.165) is 12.7 Å². The maximum Gasteiger partial charge on any atom is 1.00 e. The second-order valence-electron chi connectivity index (χ2n) is 5.46. The molecule has 0 saturated heterocycles. The molecular formula is C16H24I3NNa2O10. The quantitative estimate of drug-likeness (QED) is 0.227. The van der Waals surface area contributed by atoms with E-state index in [2.05, 4.69) is 45.2 Å². The van der Waals surface area contributed by atoms with Crippen molar-refractivity contribution < 1.29 is 112 Å². The fraction of sp³-hybridized carbons (Fsp3) is 0.188. The van der Waals surface area contributed by atoms with Crippen LogP contribution in [-0.2, 0) is 11.2 Å². The number of carboxylic acid groups (broad SMARTS) is 1. The minimum absolute atomic E-state index is 0. The maximum absolute atomic E-state index is 11.5. The van der Waals surface area contributed by atoms with Crippen LogP contribution in [0.5, 0.6) is 17.2 Å². The Kier molecular flexibility index (Phi) is 34.1. The van der Waals surface area contributed by atoms with Gasteiger partial charge in [-0.25, -0.2) is 0 Å². The van der Waals surface area contributed by atoms with E-state index in [1.54, 1.807) is 12.1 Å². The van der Waals surface area contributed by atoms with E-state index in [1.807, 2.05) is 34.7 Å². The van der Waals surface area contributed by atoms with Crippen molar-refractivity contribution in [2.24, 2.45) is 5.73 Å². The summed E-state index contributed by atoms with van der Waals surface area (Å²) in [6.07, 6.45) is 0.157. The first kappa shape index (κ1) is 50.3. The van der Waals surface area contributed by atoms with Crippen LogP contribution in [0.15, 0.2) is 30.3 Å². The molecular weight excluding hydrogens is 793 g/mol. The van der Waals surface area contributed by atoms with E-state index in [4.69, 9.17) is 10.5 Å². The van der Waals surface area contributed by atoms with Gasteiger partial charge in [0.25, 0.3) is 0 Å². The summed E-state index contributed by atoms with van der Waals surface area (Å²) in [5, 5.41) is 22.5. The number of benzene rings is 2. The summed E-state index contributed by atoms with van der Waals surface area (Å²) in [7, 11) is 0. The van der Waals surface area contributed by atoms with Crippen molar-refractivity contribution in [1.82, 2.24) is 0 Å². The van der Waals surface area contributed by atoms with Gasteiger partial charge in [-0.05, 0) is 111 Å². The number of rotatable bonds is 5. The summed E-state index contributed by atoms with van der Waals surface area (Å²) in [6.45, 7) is 1.43. The van der Waals surface area contributed by atoms with Gasteiger partial charge in [0.1, 0.15) is 5.75 Å². The molecule has 2 rings (SSSR count). The van der Waals surface area contributed by atoms with Gasteiger partial charge >= 0.3 is 59.1 Å². The minimum Gasteiger partial charge on any atom is -0.872 e. The zero-order valence-electron chi connectivity index (χ0n) is 17.4. The summed E-state index contributed by atoms with van der Waals surface area (Å²) in [4.78, 5) is 11.1. The Balaban J connectivity index is -0.000000156. The third kappa shape index (κ3) is 14.1. The van der Waals surface area contributed by atoms with Gasteiger partial charge in [-0.2, -0.15) is 0 Å². The number of hydrogen-bond donors (Lipinski definition) is 1. The molecule has 0 aliphatic rings. The van der Waals surface area contributed by atoms with E-state index < -0.39 is 11.5 Å². The Bertz CT molecular complexity index is 793. The molecule has 0 heterocycles. The van der Waals surface area contributed by atoms with Crippen LogP contribution < -0.4 is 79.8 Å². The number of carbonyl (C=O) groups excluding carboxylic acids is 1. The number of nitrogens with two attached hydrogens (primary N) is 1. The molecule has 0 aliphatic carbocycles. The molecule has 2 aromatic rings. The predicted octanol–water partition coefficient (Wildman–Crippen LogP) is -8.56. The molecule has 16 heteroatoms. The molecule has 2 aromatic carbocycles. The van der Waals surface area contributed by atoms with Crippen LogP contribution in [0.25, 0.3) is 0 Å². The zero-order chi connectivity index (χ0) is 18.1. The third-order valence-electron chi connectivity index (χ3n) is 3.22.